The highest BCUT2D eigenvalue weighted by atomic mass is 16.5. The van der Waals surface area contributed by atoms with Gasteiger partial charge in [0, 0.05) is 12.1 Å². The number of aliphatic hydroxyl groups is 1. The first-order valence-corrected chi connectivity index (χ1v) is 9.20. The average molecular weight is 381 g/mol. The van der Waals surface area contributed by atoms with Crippen molar-refractivity contribution in [2.75, 3.05) is 13.7 Å². The van der Waals surface area contributed by atoms with Crippen LogP contribution in [0.1, 0.15) is 41.7 Å². The Morgan fingerprint density at radius 2 is 1.86 bits per heavy atom. The summed E-state index contributed by atoms with van der Waals surface area (Å²) < 4.78 is 5.18. The Kier molecular flexibility index (Phi) is 5.68. The van der Waals surface area contributed by atoms with Gasteiger partial charge in [0.25, 0.3) is 5.91 Å². The van der Waals surface area contributed by atoms with Crippen LogP contribution in [0.25, 0.3) is 0 Å². The molecule has 1 amide bonds. The number of nitrogens with zero attached hydrogens (tertiary/aromatic N) is 1. The number of carbonyl (C=O) groups excluding carboxylic acids is 2. The molecule has 6 nitrogen and oxygen atoms in total. The van der Waals surface area contributed by atoms with Crippen molar-refractivity contribution in [3.8, 4) is 11.5 Å². The number of hydrogen-bond donors (Lipinski definition) is 2. The minimum atomic E-state index is -0.749. The van der Waals surface area contributed by atoms with E-state index in [2.05, 4.69) is 0 Å². The van der Waals surface area contributed by atoms with Crippen molar-refractivity contribution in [2.45, 2.75) is 25.8 Å². The van der Waals surface area contributed by atoms with Crippen LogP contribution in [-0.2, 0) is 4.79 Å². The number of phenolic OH excluding ortho intramolecular Hbond substituents is 1. The number of carbonyl (C=O) groups is 2. The second-order valence-electron chi connectivity index (χ2n) is 6.64. The molecule has 146 valence electrons. The van der Waals surface area contributed by atoms with Gasteiger partial charge in [-0.2, -0.15) is 0 Å². The molecule has 1 atom stereocenters. The lowest BCUT2D eigenvalue weighted by atomic mass is 9.92. The zero-order valence-corrected chi connectivity index (χ0v) is 15.9. The predicted octanol–water partition coefficient (Wildman–Crippen LogP) is 3.78. The van der Waals surface area contributed by atoms with Gasteiger partial charge in [0.2, 0.25) is 0 Å². The third-order valence-corrected chi connectivity index (χ3v) is 4.86. The highest BCUT2D eigenvalue weighted by molar-refractivity contribution is 6.16. The maximum atomic E-state index is 13.2. The van der Waals surface area contributed by atoms with Crippen LogP contribution in [0.3, 0.4) is 0 Å². The summed E-state index contributed by atoms with van der Waals surface area (Å²) in [5.41, 5.74) is 1.02. The summed E-state index contributed by atoms with van der Waals surface area (Å²) >= 11 is 0. The number of benzene rings is 2. The fourth-order valence-corrected chi connectivity index (χ4v) is 3.40. The van der Waals surface area contributed by atoms with Crippen molar-refractivity contribution < 1.29 is 24.5 Å². The number of ether oxygens (including phenoxy) is 1. The first kappa shape index (κ1) is 19.5. The van der Waals surface area contributed by atoms with E-state index >= 15 is 0 Å². The van der Waals surface area contributed by atoms with Crippen LogP contribution in [0.15, 0.2) is 59.9 Å². The van der Waals surface area contributed by atoms with Crippen LogP contribution in [0, 0.1) is 0 Å². The molecule has 1 unspecified atom stereocenters. The smallest absolute Gasteiger partial charge is 0.290 e. The van der Waals surface area contributed by atoms with Crippen LogP contribution in [0.4, 0.5) is 0 Å². The van der Waals surface area contributed by atoms with Crippen molar-refractivity contribution in [1.29, 1.82) is 0 Å². The van der Waals surface area contributed by atoms with E-state index < -0.39 is 23.5 Å². The van der Waals surface area contributed by atoms with E-state index in [0.717, 1.165) is 12.8 Å². The summed E-state index contributed by atoms with van der Waals surface area (Å²) in [6, 6.07) is 12.5. The maximum Gasteiger partial charge on any atom is 0.290 e. The molecule has 0 radical (unpaired) electrons. The molecule has 2 aromatic carbocycles. The van der Waals surface area contributed by atoms with E-state index in [0.29, 0.717) is 17.7 Å². The number of unbranched alkanes of at least 4 members (excludes halogenated alkanes) is 1. The normalized spacial score (nSPS) is 16.6. The fourth-order valence-electron chi connectivity index (χ4n) is 3.40. The molecule has 1 heterocycles. The molecular weight excluding hydrogens is 358 g/mol. The largest absolute Gasteiger partial charge is 0.504 e. The average Bonchev–Trinajstić information content (AvgIpc) is 2.97. The Morgan fingerprint density at radius 3 is 2.50 bits per heavy atom. The first-order valence-electron chi connectivity index (χ1n) is 9.20. The van der Waals surface area contributed by atoms with Gasteiger partial charge >= 0.3 is 0 Å². The van der Waals surface area contributed by atoms with Gasteiger partial charge in [-0.3, -0.25) is 9.59 Å². The lowest BCUT2D eigenvalue weighted by molar-refractivity contribution is -0.129. The molecule has 6 heteroatoms. The highest BCUT2D eigenvalue weighted by Crippen LogP contribution is 2.41. The topological polar surface area (TPSA) is 87.1 Å². The number of amides is 1. The van der Waals surface area contributed by atoms with Crippen molar-refractivity contribution in [2.24, 2.45) is 0 Å². The quantitative estimate of drug-likeness (QED) is 0.713. The molecule has 2 aromatic rings. The summed E-state index contributed by atoms with van der Waals surface area (Å²) in [5.74, 6) is -1.30. The molecular formula is C22H23NO5. The molecule has 0 aromatic heterocycles. The Labute approximate surface area is 163 Å². The SMILES string of the molecule is CCCCN1C(=O)C(O)=C(C(=O)c2ccccc2)C1c1ccc(O)c(OC)c1. The fraction of sp³-hybridized carbons (Fsp3) is 0.273. The monoisotopic (exact) mass is 381 g/mol. The van der Waals surface area contributed by atoms with Crippen molar-refractivity contribution in [1.82, 2.24) is 4.90 Å². The molecule has 0 saturated heterocycles. The number of aliphatic hydroxyl groups excluding tert-OH is 1. The number of hydrogen-bond acceptors (Lipinski definition) is 5. The summed E-state index contributed by atoms with van der Waals surface area (Å²) in [5, 5.41) is 20.5. The third kappa shape index (κ3) is 3.45. The molecule has 0 saturated carbocycles. The van der Waals surface area contributed by atoms with Crippen molar-refractivity contribution >= 4 is 11.7 Å². The van der Waals surface area contributed by atoms with Gasteiger partial charge in [-0.25, -0.2) is 0 Å². The Morgan fingerprint density at radius 1 is 1.14 bits per heavy atom. The van der Waals surface area contributed by atoms with E-state index in [-0.39, 0.29) is 17.1 Å². The second-order valence-corrected chi connectivity index (χ2v) is 6.64. The molecule has 1 aliphatic heterocycles. The van der Waals surface area contributed by atoms with Gasteiger partial charge in [-0.05, 0) is 24.1 Å². The van der Waals surface area contributed by atoms with E-state index in [9.17, 15) is 19.8 Å². The zero-order chi connectivity index (χ0) is 20.3. The predicted molar refractivity (Wildman–Crippen MR) is 104 cm³/mol. The second kappa shape index (κ2) is 8.17. The van der Waals surface area contributed by atoms with Gasteiger partial charge < -0.3 is 19.8 Å². The molecule has 0 bridgehead atoms. The lowest BCUT2D eigenvalue weighted by Gasteiger charge is -2.27. The maximum absolute atomic E-state index is 13.2. The number of phenols is 1. The molecule has 28 heavy (non-hydrogen) atoms. The number of aromatic hydroxyl groups is 1. The minimum Gasteiger partial charge on any atom is -0.504 e. The van der Waals surface area contributed by atoms with Gasteiger partial charge in [0.1, 0.15) is 0 Å². The van der Waals surface area contributed by atoms with Gasteiger partial charge in [0.05, 0.1) is 18.7 Å². The van der Waals surface area contributed by atoms with E-state index in [1.54, 1.807) is 42.5 Å². The summed E-state index contributed by atoms with van der Waals surface area (Å²) in [6.45, 7) is 2.40. The van der Waals surface area contributed by atoms with E-state index in [1.807, 2.05) is 6.92 Å². The van der Waals surface area contributed by atoms with Gasteiger partial charge in [0.15, 0.2) is 23.0 Å². The van der Waals surface area contributed by atoms with Crippen molar-refractivity contribution in [3.63, 3.8) is 0 Å². The van der Waals surface area contributed by atoms with E-state index in [1.165, 1.54) is 18.1 Å². The number of rotatable bonds is 7. The third-order valence-electron chi connectivity index (χ3n) is 4.86. The molecule has 0 aliphatic carbocycles. The van der Waals surface area contributed by atoms with Gasteiger partial charge in [-0.1, -0.05) is 49.7 Å². The van der Waals surface area contributed by atoms with Gasteiger partial charge in [-0.15, -0.1) is 0 Å². The first-order chi connectivity index (χ1) is 13.5. The Bertz CT molecular complexity index is 920. The van der Waals surface area contributed by atoms with E-state index in [4.69, 9.17) is 4.74 Å². The van der Waals surface area contributed by atoms with Crippen LogP contribution >= 0.6 is 0 Å². The molecule has 0 spiro atoms. The van der Waals surface area contributed by atoms with Crippen LogP contribution < -0.4 is 4.74 Å². The van der Waals surface area contributed by atoms with Crippen LogP contribution in [0.5, 0.6) is 11.5 Å². The summed E-state index contributed by atoms with van der Waals surface area (Å²) in [7, 11) is 1.43. The number of ketones is 1. The Balaban J connectivity index is 2.11. The summed E-state index contributed by atoms with van der Waals surface area (Å²) in [6.07, 6.45) is 1.59. The lowest BCUT2D eigenvalue weighted by Crippen LogP contribution is -2.32. The van der Waals surface area contributed by atoms with Crippen LogP contribution in [-0.4, -0.2) is 40.5 Å². The number of methoxy groups -OCH3 is 1. The number of Topliss-reactive ketones (excluding diaryl/α,β-unsaturated/α-hetero) is 1. The van der Waals surface area contributed by atoms with Crippen molar-refractivity contribution in [3.05, 3.63) is 71.0 Å². The van der Waals surface area contributed by atoms with Crippen LogP contribution in [0.2, 0.25) is 0 Å². The Hall–Kier alpha value is -3.28. The highest BCUT2D eigenvalue weighted by Gasteiger charge is 2.43. The minimum absolute atomic E-state index is 0.0417. The summed E-state index contributed by atoms with van der Waals surface area (Å²) in [4.78, 5) is 27.4. The molecule has 2 N–H and O–H groups in total. The zero-order valence-electron chi connectivity index (χ0n) is 15.9. The standard InChI is InChI=1S/C22H23NO5/c1-3-4-12-23-19(15-10-11-16(24)17(13-15)28-2)18(21(26)22(23)27)20(25)14-8-6-5-7-9-14/h5-11,13,19,24,26H,3-4,12H2,1-2H3. The molecule has 3 rings (SSSR count). The molecule has 0 fully saturated rings. The molecule has 1 aliphatic rings.